The summed E-state index contributed by atoms with van der Waals surface area (Å²) in [6.45, 7) is 2.29. The maximum Gasteiger partial charge on any atom is 0.270 e. The molecule has 0 spiro atoms. The van der Waals surface area contributed by atoms with Gasteiger partial charge in [0, 0.05) is 11.5 Å². The third-order valence-corrected chi connectivity index (χ3v) is 3.59. The standard InChI is InChI=1S/C16H17N5O2/c1-3-11-14(20-21-19-11)9-17-16(22)13-8-15(23-2)10-6-4-5-7-12(10)18-13/h4-8H,3,9H2,1-2H3,(H,17,22)(H,19,20,21). The Balaban J connectivity index is 1.83. The number of H-pyrrole nitrogens is 1. The number of aromatic amines is 1. The number of ether oxygens (including phenoxy) is 1. The zero-order valence-electron chi connectivity index (χ0n) is 13.0. The van der Waals surface area contributed by atoms with E-state index in [1.165, 1.54) is 0 Å². The van der Waals surface area contributed by atoms with Crippen molar-refractivity contribution in [2.24, 2.45) is 0 Å². The molecule has 0 aliphatic rings. The van der Waals surface area contributed by atoms with Gasteiger partial charge in [0.25, 0.3) is 5.91 Å². The van der Waals surface area contributed by atoms with Gasteiger partial charge in [0.1, 0.15) is 17.1 Å². The van der Waals surface area contributed by atoms with Crippen LogP contribution in [-0.2, 0) is 13.0 Å². The fourth-order valence-electron chi connectivity index (χ4n) is 2.38. The molecule has 7 heteroatoms. The minimum absolute atomic E-state index is 0.279. The van der Waals surface area contributed by atoms with Gasteiger partial charge in [0.05, 0.1) is 24.9 Å². The molecule has 7 nitrogen and oxygen atoms in total. The second-order valence-corrected chi connectivity index (χ2v) is 4.98. The van der Waals surface area contributed by atoms with Gasteiger partial charge in [-0.05, 0) is 18.6 Å². The quantitative estimate of drug-likeness (QED) is 0.750. The van der Waals surface area contributed by atoms with Gasteiger partial charge in [0.15, 0.2) is 0 Å². The number of nitrogens with one attached hydrogen (secondary N) is 2. The average molecular weight is 311 g/mol. The highest BCUT2D eigenvalue weighted by Gasteiger charge is 2.14. The second kappa shape index (κ2) is 6.43. The highest BCUT2D eigenvalue weighted by molar-refractivity contribution is 5.96. The van der Waals surface area contributed by atoms with E-state index in [0.29, 0.717) is 23.5 Å². The highest BCUT2D eigenvalue weighted by atomic mass is 16.5. The molecule has 0 bridgehead atoms. The van der Waals surface area contributed by atoms with Crippen LogP contribution in [0.5, 0.6) is 5.75 Å². The molecular weight excluding hydrogens is 294 g/mol. The van der Waals surface area contributed by atoms with Crippen LogP contribution in [0.4, 0.5) is 0 Å². The van der Waals surface area contributed by atoms with E-state index in [0.717, 1.165) is 23.2 Å². The summed E-state index contributed by atoms with van der Waals surface area (Å²) in [5.41, 5.74) is 2.60. The zero-order valence-corrected chi connectivity index (χ0v) is 13.0. The van der Waals surface area contributed by atoms with Crippen LogP contribution in [0.15, 0.2) is 30.3 Å². The first-order valence-corrected chi connectivity index (χ1v) is 7.33. The van der Waals surface area contributed by atoms with Crippen molar-refractivity contribution in [1.82, 2.24) is 25.7 Å². The number of amides is 1. The molecule has 0 fully saturated rings. The monoisotopic (exact) mass is 311 g/mol. The van der Waals surface area contributed by atoms with Crippen molar-refractivity contribution in [2.75, 3.05) is 7.11 Å². The molecule has 2 heterocycles. The number of hydrogen-bond acceptors (Lipinski definition) is 5. The van der Waals surface area contributed by atoms with Gasteiger partial charge in [-0.2, -0.15) is 15.4 Å². The van der Waals surface area contributed by atoms with Gasteiger partial charge >= 0.3 is 0 Å². The Morgan fingerprint density at radius 2 is 2.04 bits per heavy atom. The van der Waals surface area contributed by atoms with Gasteiger partial charge < -0.3 is 10.1 Å². The molecule has 0 aliphatic carbocycles. The Morgan fingerprint density at radius 1 is 1.26 bits per heavy atom. The lowest BCUT2D eigenvalue weighted by molar-refractivity contribution is 0.0945. The number of pyridine rings is 1. The molecule has 3 aromatic rings. The van der Waals surface area contributed by atoms with Crippen LogP contribution in [-0.4, -0.2) is 33.4 Å². The number of methoxy groups -OCH3 is 1. The van der Waals surface area contributed by atoms with Crippen molar-refractivity contribution >= 4 is 16.8 Å². The normalized spacial score (nSPS) is 10.7. The molecule has 0 radical (unpaired) electrons. The Bertz CT molecular complexity index is 843. The number of carbonyl (C=O) groups excluding carboxylic acids is 1. The number of para-hydroxylation sites is 1. The first-order chi connectivity index (χ1) is 11.2. The number of aromatic nitrogens is 4. The van der Waals surface area contributed by atoms with E-state index in [9.17, 15) is 4.79 Å². The maximum absolute atomic E-state index is 12.4. The molecule has 0 unspecified atom stereocenters. The van der Waals surface area contributed by atoms with Crippen LogP contribution in [0, 0.1) is 0 Å². The summed E-state index contributed by atoms with van der Waals surface area (Å²) in [5.74, 6) is 0.343. The fraction of sp³-hybridized carbons (Fsp3) is 0.250. The molecular formula is C16H17N5O2. The van der Waals surface area contributed by atoms with Crippen LogP contribution in [0.1, 0.15) is 28.8 Å². The van der Waals surface area contributed by atoms with Crippen molar-refractivity contribution in [3.63, 3.8) is 0 Å². The fourth-order valence-corrected chi connectivity index (χ4v) is 2.38. The summed E-state index contributed by atoms with van der Waals surface area (Å²) in [7, 11) is 1.58. The number of aryl methyl sites for hydroxylation is 1. The first kappa shape index (κ1) is 15.0. The van der Waals surface area contributed by atoms with E-state index in [1.807, 2.05) is 31.2 Å². The smallest absolute Gasteiger partial charge is 0.270 e. The van der Waals surface area contributed by atoms with E-state index < -0.39 is 0 Å². The Kier molecular flexibility index (Phi) is 4.18. The van der Waals surface area contributed by atoms with Crippen molar-refractivity contribution in [3.8, 4) is 5.75 Å². The summed E-state index contributed by atoms with van der Waals surface area (Å²) in [5, 5.41) is 14.3. The molecule has 0 aliphatic heterocycles. The molecule has 1 aromatic carbocycles. The Labute approximate surface area is 133 Å². The molecule has 2 N–H and O–H groups in total. The topological polar surface area (TPSA) is 92.8 Å². The molecule has 0 saturated carbocycles. The molecule has 3 rings (SSSR count). The minimum Gasteiger partial charge on any atom is -0.496 e. The van der Waals surface area contributed by atoms with Gasteiger partial charge in [-0.15, -0.1) is 0 Å². The molecule has 2 aromatic heterocycles. The van der Waals surface area contributed by atoms with E-state index in [1.54, 1.807) is 13.2 Å². The summed E-state index contributed by atoms with van der Waals surface area (Å²) < 4.78 is 5.36. The SMILES string of the molecule is CCc1n[nH]nc1CNC(=O)c1cc(OC)c2ccccc2n1. The largest absolute Gasteiger partial charge is 0.496 e. The molecule has 118 valence electrons. The van der Waals surface area contributed by atoms with E-state index in [2.05, 4.69) is 25.7 Å². The van der Waals surface area contributed by atoms with E-state index in [-0.39, 0.29) is 5.91 Å². The summed E-state index contributed by atoms with van der Waals surface area (Å²) in [4.78, 5) is 16.8. The number of rotatable bonds is 5. The Hall–Kier alpha value is -2.96. The van der Waals surface area contributed by atoms with Crippen LogP contribution in [0.2, 0.25) is 0 Å². The Morgan fingerprint density at radius 3 is 2.83 bits per heavy atom. The summed E-state index contributed by atoms with van der Waals surface area (Å²) in [6, 6.07) is 9.18. The van der Waals surface area contributed by atoms with Crippen molar-refractivity contribution < 1.29 is 9.53 Å². The zero-order chi connectivity index (χ0) is 16.2. The van der Waals surface area contributed by atoms with E-state index in [4.69, 9.17) is 4.74 Å². The molecule has 23 heavy (non-hydrogen) atoms. The van der Waals surface area contributed by atoms with Gasteiger partial charge in [-0.3, -0.25) is 4.79 Å². The molecule has 0 saturated heterocycles. The van der Waals surface area contributed by atoms with Crippen LogP contribution in [0.25, 0.3) is 10.9 Å². The highest BCUT2D eigenvalue weighted by Crippen LogP contribution is 2.24. The van der Waals surface area contributed by atoms with Crippen LogP contribution >= 0.6 is 0 Å². The van der Waals surface area contributed by atoms with Gasteiger partial charge in [-0.25, -0.2) is 4.98 Å². The maximum atomic E-state index is 12.4. The third kappa shape index (κ3) is 2.98. The summed E-state index contributed by atoms with van der Waals surface area (Å²) in [6.07, 6.45) is 0.754. The number of nitrogens with zero attached hydrogens (tertiary/aromatic N) is 3. The lowest BCUT2D eigenvalue weighted by Gasteiger charge is -2.08. The average Bonchev–Trinajstić information content (AvgIpc) is 3.06. The first-order valence-electron chi connectivity index (χ1n) is 7.33. The van der Waals surface area contributed by atoms with Crippen LogP contribution in [0.3, 0.4) is 0 Å². The lowest BCUT2D eigenvalue weighted by Crippen LogP contribution is -2.24. The number of fused-ring (bicyclic) bond motifs is 1. The van der Waals surface area contributed by atoms with E-state index >= 15 is 0 Å². The van der Waals surface area contributed by atoms with Gasteiger partial charge in [-0.1, -0.05) is 19.1 Å². The minimum atomic E-state index is -0.279. The van der Waals surface area contributed by atoms with Crippen molar-refractivity contribution in [3.05, 3.63) is 47.4 Å². The van der Waals surface area contributed by atoms with Crippen molar-refractivity contribution in [2.45, 2.75) is 19.9 Å². The predicted octanol–water partition coefficient (Wildman–Crippen LogP) is 1.85. The molecule has 1 amide bonds. The molecule has 0 atom stereocenters. The van der Waals surface area contributed by atoms with Crippen molar-refractivity contribution in [1.29, 1.82) is 0 Å². The van der Waals surface area contributed by atoms with Gasteiger partial charge in [0.2, 0.25) is 0 Å². The number of benzene rings is 1. The predicted molar refractivity (Wildman–Crippen MR) is 85.2 cm³/mol. The second-order valence-electron chi connectivity index (χ2n) is 4.98. The van der Waals surface area contributed by atoms with Crippen LogP contribution < -0.4 is 10.1 Å². The lowest BCUT2D eigenvalue weighted by atomic mass is 10.1. The third-order valence-electron chi connectivity index (χ3n) is 3.59. The number of carbonyl (C=O) groups is 1. The number of hydrogen-bond donors (Lipinski definition) is 2. The summed E-state index contributed by atoms with van der Waals surface area (Å²) >= 11 is 0.